The fourth-order valence-electron chi connectivity index (χ4n) is 3.15. The van der Waals surface area contributed by atoms with Crippen LogP contribution in [-0.4, -0.2) is 43.0 Å². The number of benzene rings is 1. The van der Waals surface area contributed by atoms with Crippen LogP contribution < -0.4 is 10.1 Å². The average molecular weight is 364 g/mol. The van der Waals surface area contributed by atoms with Crippen molar-refractivity contribution in [3.63, 3.8) is 0 Å². The molecule has 1 saturated carbocycles. The summed E-state index contributed by atoms with van der Waals surface area (Å²) in [6, 6.07) is 9.62. The van der Waals surface area contributed by atoms with Crippen molar-refractivity contribution in [2.24, 2.45) is 0 Å². The molecule has 0 radical (unpaired) electrons. The topological polar surface area (TPSA) is 94.8 Å². The lowest BCUT2D eigenvalue weighted by atomic mass is 9.93. The molecule has 3 aromatic rings. The van der Waals surface area contributed by atoms with Crippen molar-refractivity contribution in [3.8, 4) is 11.6 Å². The minimum atomic E-state index is -0.199. The Bertz CT molecular complexity index is 875. The highest BCUT2D eigenvalue weighted by molar-refractivity contribution is 5.92. The van der Waals surface area contributed by atoms with Gasteiger partial charge in [0.15, 0.2) is 5.69 Å². The lowest BCUT2D eigenvalue weighted by Gasteiger charge is -2.28. The van der Waals surface area contributed by atoms with Gasteiger partial charge in [-0.25, -0.2) is 4.98 Å². The van der Waals surface area contributed by atoms with E-state index in [4.69, 9.17) is 4.74 Å². The predicted octanol–water partition coefficient (Wildman–Crippen LogP) is 2.18. The first-order valence-corrected chi connectivity index (χ1v) is 8.99. The summed E-state index contributed by atoms with van der Waals surface area (Å²) in [4.78, 5) is 22.1. The maximum atomic E-state index is 12.5. The van der Waals surface area contributed by atoms with Crippen molar-refractivity contribution in [1.29, 1.82) is 0 Å². The number of para-hydroxylation sites is 1. The first kappa shape index (κ1) is 17.1. The monoisotopic (exact) mass is 364 g/mol. The van der Waals surface area contributed by atoms with Gasteiger partial charge in [0.1, 0.15) is 6.10 Å². The number of aromatic nitrogens is 5. The molecule has 2 heterocycles. The summed E-state index contributed by atoms with van der Waals surface area (Å²) in [5, 5.41) is 11.5. The summed E-state index contributed by atoms with van der Waals surface area (Å²) in [5.41, 5.74) is 1.13. The molecule has 0 bridgehead atoms. The summed E-state index contributed by atoms with van der Waals surface area (Å²) in [6.07, 6.45) is 9.86. The molecule has 1 aliphatic carbocycles. The minimum absolute atomic E-state index is 0.105. The summed E-state index contributed by atoms with van der Waals surface area (Å²) in [7, 11) is 0. The molecule has 8 nitrogen and oxygen atoms in total. The Hall–Kier alpha value is -3.29. The van der Waals surface area contributed by atoms with Gasteiger partial charge in [-0.1, -0.05) is 18.2 Å². The highest BCUT2D eigenvalue weighted by Gasteiger charge is 2.25. The molecular weight excluding hydrogens is 344 g/mol. The van der Waals surface area contributed by atoms with E-state index in [1.807, 2.05) is 30.3 Å². The number of nitrogens with zero attached hydrogens (tertiary/aromatic N) is 5. The molecule has 1 fully saturated rings. The van der Waals surface area contributed by atoms with E-state index in [1.54, 1.807) is 18.6 Å². The average Bonchev–Trinajstić information content (AvgIpc) is 3.21. The lowest BCUT2D eigenvalue weighted by molar-refractivity contribution is 0.0884. The normalized spacial score (nSPS) is 19.4. The van der Waals surface area contributed by atoms with Crippen molar-refractivity contribution in [2.75, 3.05) is 0 Å². The fourth-order valence-corrected chi connectivity index (χ4v) is 3.15. The Morgan fingerprint density at radius 1 is 1.07 bits per heavy atom. The second-order valence-electron chi connectivity index (χ2n) is 6.46. The smallest absolute Gasteiger partial charge is 0.273 e. The van der Waals surface area contributed by atoms with Crippen molar-refractivity contribution in [3.05, 3.63) is 60.8 Å². The van der Waals surface area contributed by atoms with Crippen LogP contribution in [0.2, 0.25) is 0 Å². The van der Waals surface area contributed by atoms with Crippen LogP contribution in [0.4, 0.5) is 0 Å². The zero-order chi connectivity index (χ0) is 18.5. The van der Waals surface area contributed by atoms with Crippen LogP contribution in [-0.2, 0) is 0 Å². The van der Waals surface area contributed by atoms with E-state index in [1.165, 1.54) is 11.0 Å². The molecule has 0 saturated heterocycles. The third kappa shape index (κ3) is 4.28. The van der Waals surface area contributed by atoms with Gasteiger partial charge < -0.3 is 10.1 Å². The number of hydrogen-bond acceptors (Lipinski definition) is 6. The molecule has 4 rings (SSSR count). The van der Waals surface area contributed by atoms with Crippen LogP contribution in [0, 0.1) is 0 Å². The van der Waals surface area contributed by atoms with Crippen molar-refractivity contribution in [2.45, 2.75) is 37.8 Å². The molecule has 0 aliphatic heterocycles. The quantitative estimate of drug-likeness (QED) is 0.746. The number of carbonyl (C=O) groups excluding carboxylic acids is 1. The predicted molar refractivity (Wildman–Crippen MR) is 97.5 cm³/mol. The molecule has 138 valence electrons. The van der Waals surface area contributed by atoms with E-state index >= 15 is 0 Å². The minimum Gasteiger partial charge on any atom is -0.473 e. The van der Waals surface area contributed by atoms with E-state index < -0.39 is 0 Å². The third-order valence-corrected chi connectivity index (χ3v) is 4.55. The second kappa shape index (κ2) is 7.94. The van der Waals surface area contributed by atoms with Crippen molar-refractivity contribution in [1.82, 2.24) is 30.3 Å². The molecule has 0 unspecified atom stereocenters. The van der Waals surface area contributed by atoms with Gasteiger partial charge in [-0.05, 0) is 37.8 Å². The highest BCUT2D eigenvalue weighted by atomic mass is 16.5. The Labute approximate surface area is 156 Å². The number of nitrogens with one attached hydrogen (secondary N) is 1. The van der Waals surface area contributed by atoms with E-state index in [0.29, 0.717) is 11.6 Å². The first-order valence-electron chi connectivity index (χ1n) is 8.99. The van der Waals surface area contributed by atoms with Gasteiger partial charge in [0, 0.05) is 18.4 Å². The van der Waals surface area contributed by atoms with Crippen LogP contribution in [0.5, 0.6) is 5.88 Å². The van der Waals surface area contributed by atoms with Crippen molar-refractivity contribution >= 4 is 5.91 Å². The Kier molecular flexibility index (Phi) is 5.04. The lowest BCUT2D eigenvalue weighted by Crippen LogP contribution is -2.40. The number of rotatable bonds is 5. The maximum absolute atomic E-state index is 12.5. The van der Waals surface area contributed by atoms with E-state index in [2.05, 4.69) is 25.5 Å². The zero-order valence-corrected chi connectivity index (χ0v) is 14.7. The number of ether oxygens (including phenoxy) is 1. The van der Waals surface area contributed by atoms with E-state index in [0.717, 1.165) is 31.4 Å². The number of carbonyl (C=O) groups is 1. The van der Waals surface area contributed by atoms with Gasteiger partial charge >= 0.3 is 0 Å². The first-order chi connectivity index (χ1) is 13.3. The molecule has 8 heteroatoms. The maximum Gasteiger partial charge on any atom is 0.273 e. The van der Waals surface area contributed by atoms with Gasteiger partial charge in [0.05, 0.1) is 18.1 Å². The third-order valence-electron chi connectivity index (χ3n) is 4.55. The van der Waals surface area contributed by atoms with E-state index in [-0.39, 0.29) is 18.1 Å². The summed E-state index contributed by atoms with van der Waals surface area (Å²) >= 11 is 0. The second-order valence-corrected chi connectivity index (χ2v) is 6.46. The Morgan fingerprint density at radius 3 is 2.63 bits per heavy atom. The Balaban J connectivity index is 1.29. The molecule has 27 heavy (non-hydrogen) atoms. The van der Waals surface area contributed by atoms with E-state index in [9.17, 15) is 4.79 Å². The van der Waals surface area contributed by atoms with Crippen LogP contribution in [0.15, 0.2) is 55.1 Å². The standard InChI is InChI=1S/C19H20N6O2/c26-19(17-12-22-25(24-17)15-4-2-1-3-5-15)23-14-6-8-16(9-7-14)27-18-13-20-10-11-21-18/h1-5,10-14,16H,6-9H2,(H,23,26). The van der Waals surface area contributed by atoms with Crippen LogP contribution in [0.3, 0.4) is 0 Å². The fraction of sp³-hybridized carbons (Fsp3) is 0.316. The number of hydrogen-bond donors (Lipinski definition) is 1. The molecule has 1 amide bonds. The molecule has 0 atom stereocenters. The summed E-state index contributed by atoms with van der Waals surface area (Å²) in [6.45, 7) is 0. The zero-order valence-electron chi connectivity index (χ0n) is 14.7. The highest BCUT2D eigenvalue weighted by Crippen LogP contribution is 2.22. The van der Waals surface area contributed by atoms with Crippen LogP contribution in [0.25, 0.3) is 5.69 Å². The molecule has 1 aliphatic rings. The van der Waals surface area contributed by atoms with Crippen LogP contribution >= 0.6 is 0 Å². The van der Waals surface area contributed by atoms with Gasteiger partial charge in [-0.15, -0.1) is 5.10 Å². The molecule has 1 aromatic carbocycles. The van der Waals surface area contributed by atoms with Gasteiger partial charge in [0.25, 0.3) is 5.91 Å². The summed E-state index contributed by atoms with van der Waals surface area (Å²) in [5.74, 6) is 0.345. The molecule has 0 spiro atoms. The molecule has 1 N–H and O–H groups in total. The molecular formula is C19H20N6O2. The van der Waals surface area contributed by atoms with Crippen LogP contribution in [0.1, 0.15) is 36.2 Å². The van der Waals surface area contributed by atoms with Gasteiger partial charge in [0.2, 0.25) is 5.88 Å². The Morgan fingerprint density at radius 2 is 1.89 bits per heavy atom. The molecule has 2 aromatic heterocycles. The van der Waals surface area contributed by atoms with Crippen molar-refractivity contribution < 1.29 is 9.53 Å². The van der Waals surface area contributed by atoms with Gasteiger partial charge in [-0.2, -0.15) is 9.90 Å². The summed E-state index contributed by atoms with van der Waals surface area (Å²) < 4.78 is 5.83. The largest absolute Gasteiger partial charge is 0.473 e. The number of amides is 1. The SMILES string of the molecule is O=C(NC1CCC(Oc2cnccn2)CC1)c1cnn(-c2ccccc2)n1. The van der Waals surface area contributed by atoms with Gasteiger partial charge in [-0.3, -0.25) is 9.78 Å².